The van der Waals surface area contributed by atoms with Gasteiger partial charge in [0.2, 0.25) is 0 Å². The van der Waals surface area contributed by atoms with E-state index in [1.54, 1.807) is 0 Å². The van der Waals surface area contributed by atoms with Crippen molar-refractivity contribution >= 4 is 33.2 Å². The van der Waals surface area contributed by atoms with Crippen molar-refractivity contribution in [3.63, 3.8) is 0 Å². The predicted molar refractivity (Wildman–Crippen MR) is 141 cm³/mol. The van der Waals surface area contributed by atoms with Gasteiger partial charge >= 0.3 is 0 Å². The monoisotopic (exact) mass is 424 g/mol. The second-order valence-corrected chi connectivity index (χ2v) is 8.45. The molecule has 158 valence electrons. The fraction of sp³-hybridized carbons (Fsp3) is 0.0323. The minimum atomic E-state index is 1.17. The van der Waals surface area contributed by atoms with Crippen LogP contribution in [-0.4, -0.2) is 12.0 Å². The summed E-state index contributed by atoms with van der Waals surface area (Å²) in [6.07, 6.45) is 0. The zero-order valence-electron chi connectivity index (χ0n) is 18.5. The lowest BCUT2D eigenvalue weighted by molar-refractivity contribution is 1.21. The van der Waals surface area contributed by atoms with Crippen molar-refractivity contribution in [2.24, 2.45) is 0 Å². The number of nitrogens with one attached hydrogen (secondary N) is 1. The van der Waals surface area contributed by atoms with Crippen molar-refractivity contribution < 1.29 is 0 Å². The summed E-state index contributed by atoms with van der Waals surface area (Å²) in [5.41, 5.74) is 9.60. The fourth-order valence-corrected chi connectivity index (χ4v) is 4.57. The summed E-state index contributed by atoms with van der Waals surface area (Å²) in [4.78, 5) is 5.75. The van der Waals surface area contributed by atoms with E-state index in [9.17, 15) is 0 Å². The average Bonchev–Trinajstić information content (AvgIpc) is 3.27. The van der Waals surface area contributed by atoms with E-state index in [0.29, 0.717) is 0 Å². The number of benzene rings is 5. The Hall–Kier alpha value is -4.30. The number of anilines is 2. The molecule has 0 spiro atoms. The fourth-order valence-electron chi connectivity index (χ4n) is 4.57. The molecular formula is C31H24N2. The molecule has 0 unspecified atom stereocenters. The van der Waals surface area contributed by atoms with Gasteiger partial charge in [0.05, 0.1) is 0 Å². The molecule has 0 bridgehead atoms. The van der Waals surface area contributed by atoms with E-state index in [0.717, 1.165) is 0 Å². The maximum Gasteiger partial charge on any atom is 0.0471 e. The Balaban J connectivity index is 1.26. The summed E-state index contributed by atoms with van der Waals surface area (Å²) in [5.74, 6) is 0. The summed E-state index contributed by atoms with van der Waals surface area (Å²) in [6.45, 7) is 0. The van der Waals surface area contributed by atoms with Crippen molar-refractivity contribution in [1.29, 1.82) is 0 Å². The third-order valence-corrected chi connectivity index (χ3v) is 6.46. The van der Waals surface area contributed by atoms with Gasteiger partial charge in [-0.3, -0.25) is 0 Å². The zero-order valence-corrected chi connectivity index (χ0v) is 18.5. The van der Waals surface area contributed by atoms with Crippen LogP contribution in [-0.2, 0) is 0 Å². The normalized spacial score (nSPS) is 11.2. The number of fused-ring (bicyclic) bond motifs is 3. The van der Waals surface area contributed by atoms with Crippen LogP contribution in [0.4, 0.5) is 11.4 Å². The Morgan fingerprint density at radius 1 is 0.455 bits per heavy atom. The number of rotatable bonds is 4. The topological polar surface area (TPSA) is 19.0 Å². The van der Waals surface area contributed by atoms with Gasteiger partial charge in [-0.05, 0) is 58.7 Å². The van der Waals surface area contributed by atoms with Crippen LogP contribution in [0.5, 0.6) is 0 Å². The number of aromatic nitrogens is 1. The molecule has 1 heterocycles. The number of hydrogen-bond donors (Lipinski definition) is 1. The summed E-state index contributed by atoms with van der Waals surface area (Å²) in [5, 5.41) is 2.54. The summed E-state index contributed by atoms with van der Waals surface area (Å²) >= 11 is 0. The third kappa shape index (κ3) is 3.56. The van der Waals surface area contributed by atoms with E-state index in [4.69, 9.17) is 0 Å². The molecule has 0 radical (unpaired) electrons. The minimum Gasteiger partial charge on any atom is -0.354 e. The van der Waals surface area contributed by atoms with Crippen LogP contribution in [0.15, 0.2) is 121 Å². The first kappa shape index (κ1) is 19.4. The molecule has 0 aliphatic rings. The Labute approximate surface area is 193 Å². The minimum absolute atomic E-state index is 1.17. The van der Waals surface area contributed by atoms with Gasteiger partial charge in [-0.15, -0.1) is 0 Å². The van der Waals surface area contributed by atoms with Gasteiger partial charge < -0.3 is 9.88 Å². The summed E-state index contributed by atoms with van der Waals surface area (Å²) < 4.78 is 0. The van der Waals surface area contributed by atoms with E-state index in [2.05, 4.69) is 132 Å². The van der Waals surface area contributed by atoms with Gasteiger partial charge in [0, 0.05) is 40.2 Å². The van der Waals surface area contributed by atoms with Gasteiger partial charge in [-0.25, -0.2) is 0 Å². The molecule has 0 aliphatic heterocycles. The molecule has 0 amide bonds. The first-order chi connectivity index (χ1) is 16.3. The van der Waals surface area contributed by atoms with Gasteiger partial charge in [0.25, 0.3) is 0 Å². The Kier molecular flexibility index (Phi) is 4.70. The smallest absolute Gasteiger partial charge is 0.0471 e. The van der Waals surface area contributed by atoms with Crippen LogP contribution in [0.2, 0.25) is 0 Å². The highest BCUT2D eigenvalue weighted by Crippen LogP contribution is 2.31. The van der Waals surface area contributed by atoms with E-state index in [-0.39, 0.29) is 0 Å². The molecular weight excluding hydrogens is 400 g/mol. The highest BCUT2D eigenvalue weighted by atomic mass is 15.1. The van der Waals surface area contributed by atoms with Crippen LogP contribution in [0, 0.1) is 0 Å². The number of hydrogen-bond acceptors (Lipinski definition) is 1. The number of H-pyrrole nitrogens is 1. The first-order valence-corrected chi connectivity index (χ1v) is 11.3. The van der Waals surface area contributed by atoms with Crippen LogP contribution in [0.3, 0.4) is 0 Å². The zero-order chi connectivity index (χ0) is 22.2. The Morgan fingerprint density at radius 3 is 1.70 bits per heavy atom. The largest absolute Gasteiger partial charge is 0.354 e. The lowest BCUT2D eigenvalue weighted by atomic mass is 9.99. The SMILES string of the molecule is CN(c1ccccc1)c1ccc(-c2ccc(-c3ccc4c(c3)[nH]c3ccccc34)cc2)cc1. The van der Waals surface area contributed by atoms with Crippen LogP contribution in [0.25, 0.3) is 44.1 Å². The van der Waals surface area contributed by atoms with Crippen molar-refractivity contribution in [2.45, 2.75) is 0 Å². The van der Waals surface area contributed by atoms with Gasteiger partial charge in [-0.1, -0.05) is 84.9 Å². The van der Waals surface area contributed by atoms with Crippen LogP contribution in [0.1, 0.15) is 0 Å². The summed E-state index contributed by atoms with van der Waals surface area (Å²) in [7, 11) is 2.10. The van der Waals surface area contributed by atoms with Crippen LogP contribution < -0.4 is 4.90 Å². The Morgan fingerprint density at radius 2 is 0.970 bits per heavy atom. The number of para-hydroxylation sites is 2. The maximum absolute atomic E-state index is 3.55. The van der Waals surface area contributed by atoms with Gasteiger partial charge in [0.1, 0.15) is 0 Å². The molecule has 6 aromatic rings. The molecule has 0 saturated heterocycles. The highest BCUT2D eigenvalue weighted by Gasteiger charge is 2.07. The predicted octanol–water partition coefficient (Wildman–Crippen LogP) is 8.42. The highest BCUT2D eigenvalue weighted by molar-refractivity contribution is 6.08. The molecule has 5 aromatic carbocycles. The van der Waals surface area contributed by atoms with Crippen molar-refractivity contribution in [2.75, 3.05) is 11.9 Å². The van der Waals surface area contributed by atoms with Gasteiger partial charge in [0.15, 0.2) is 0 Å². The molecule has 2 heteroatoms. The molecule has 0 aliphatic carbocycles. The molecule has 33 heavy (non-hydrogen) atoms. The lowest BCUT2D eigenvalue weighted by Gasteiger charge is -2.19. The second-order valence-electron chi connectivity index (χ2n) is 8.45. The molecule has 0 saturated carbocycles. The lowest BCUT2D eigenvalue weighted by Crippen LogP contribution is -2.08. The van der Waals surface area contributed by atoms with E-state index in [1.807, 2.05) is 6.07 Å². The maximum atomic E-state index is 3.55. The molecule has 6 rings (SSSR count). The van der Waals surface area contributed by atoms with Gasteiger partial charge in [-0.2, -0.15) is 0 Å². The first-order valence-electron chi connectivity index (χ1n) is 11.3. The molecule has 0 atom stereocenters. The molecule has 1 aromatic heterocycles. The van der Waals surface area contributed by atoms with Crippen LogP contribution >= 0.6 is 0 Å². The molecule has 2 nitrogen and oxygen atoms in total. The third-order valence-electron chi connectivity index (χ3n) is 6.46. The molecule has 0 fully saturated rings. The standard InChI is InChI=1S/C31H24N2/c1-33(26-7-3-2-4-8-26)27-18-15-23(16-19-27)22-11-13-24(14-12-22)25-17-20-29-28-9-5-6-10-30(28)32-31(29)21-25/h2-21,32H,1H3. The number of nitrogens with zero attached hydrogens (tertiary/aromatic N) is 1. The average molecular weight is 425 g/mol. The molecule has 1 N–H and O–H groups in total. The Bertz CT molecular complexity index is 1540. The van der Waals surface area contributed by atoms with Crippen molar-refractivity contribution in [3.8, 4) is 22.3 Å². The van der Waals surface area contributed by atoms with E-state index < -0.39 is 0 Å². The quantitative estimate of drug-likeness (QED) is 0.301. The number of aromatic amines is 1. The van der Waals surface area contributed by atoms with Crippen molar-refractivity contribution in [1.82, 2.24) is 4.98 Å². The second kappa shape index (κ2) is 7.99. The van der Waals surface area contributed by atoms with Crippen molar-refractivity contribution in [3.05, 3.63) is 121 Å². The van der Waals surface area contributed by atoms with E-state index in [1.165, 1.54) is 55.4 Å². The van der Waals surface area contributed by atoms with E-state index >= 15 is 0 Å². The summed E-state index contributed by atoms with van der Waals surface area (Å²) in [6, 6.07) is 43.2.